The summed E-state index contributed by atoms with van der Waals surface area (Å²) in [5.74, 6) is -1.12. The van der Waals surface area contributed by atoms with Gasteiger partial charge in [0, 0.05) is 25.5 Å². The number of hydrogen-bond donors (Lipinski definition) is 2. The zero-order chi connectivity index (χ0) is 13.8. The molecule has 0 bridgehead atoms. The Kier molecular flexibility index (Phi) is 4.16. The first-order chi connectivity index (χ1) is 9.11. The highest BCUT2D eigenvalue weighted by molar-refractivity contribution is 5.80. The lowest BCUT2D eigenvalue weighted by Crippen LogP contribution is -2.32. The van der Waals surface area contributed by atoms with Crippen molar-refractivity contribution in [2.45, 2.75) is 18.9 Å². The monoisotopic (exact) mass is 263 g/mol. The van der Waals surface area contributed by atoms with Crippen molar-refractivity contribution in [1.29, 1.82) is 0 Å². The summed E-state index contributed by atoms with van der Waals surface area (Å²) in [6.07, 6.45) is 0.174. The molecule has 0 radical (unpaired) electrons. The van der Waals surface area contributed by atoms with Crippen molar-refractivity contribution >= 4 is 11.9 Å². The molecule has 0 spiro atoms. The highest BCUT2D eigenvalue weighted by atomic mass is 16.4. The highest BCUT2D eigenvalue weighted by Gasteiger charge is 2.35. The molecule has 1 saturated heterocycles. The van der Waals surface area contributed by atoms with Crippen molar-refractivity contribution < 1.29 is 19.8 Å². The largest absolute Gasteiger partial charge is 0.481 e. The van der Waals surface area contributed by atoms with Gasteiger partial charge in [-0.2, -0.15) is 0 Å². The van der Waals surface area contributed by atoms with Crippen LogP contribution in [0.25, 0.3) is 0 Å². The number of carbonyl (C=O) groups excluding carboxylic acids is 1. The molecule has 0 saturated carbocycles. The Morgan fingerprint density at radius 2 is 2.05 bits per heavy atom. The third-order valence-electron chi connectivity index (χ3n) is 3.43. The number of amides is 1. The minimum absolute atomic E-state index is 0.0448. The van der Waals surface area contributed by atoms with Gasteiger partial charge in [-0.05, 0) is 5.56 Å². The summed E-state index contributed by atoms with van der Waals surface area (Å²) in [6, 6.07) is 8.70. The molecule has 1 heterocycles. The van der Waals surface area contributed by atoms with Crippen LogP contribution in [-0.2, 0) is 9.59 Å². The fourth-order valence-corrected chi connectivity index (χ4v) is 2.48. The summed E-state index contributed by atoms with van der Waals surface area (Å²) in [5, 5.41) is 18.2. The quantitative estimate of drug-likeness (QED) is 0.832. The van der Waals surface area contributed by atoms with Crippen molar-refractivity contribution in [3.8, 4) is 0 Å². The van der Waals surface area contributed by atoms with E-state index in [2.05, 4.69) is 0 Å². The number of carbonyl (C=O) groups is 2. The average Bonchev–Trinajstić information content (AvgIpc) is 2.78. The summed E-state index contributed by atoms with van der Waals surface area (Å²) in [5.41, 5.74) is 0.817. The molecule has 1 amide bonds. The Labute approximate surface area is 111 Å². The van der Waals surface area contributed by atoms with Gasteiger partial charge >= 0.3 is 5.97 Å². The molecule has 2 N–H and O–H groups in total. The molecule has 5 nitrogen and oxygen atoms in total. The van der Waals surface area contributed by atoms with Crippen LogP contribution in [0.2, 0.25) is 0 Å². The molecule has 2 atom stereocenters. The highest BCUT2D eigenvalue weighted by Crippen LogP contribution is 2.30. The van der Waals surface area contributed by atoms with Gasteiger partial charge in [0.15, 0.2) is 0 Å². The number of nitrogens with zero attached hydrogens (tertiary/aromatic N) is 1. The number of rotatable bonds is 5. The summed E-state index contributed by atoms with van der Waals surface area (Å²) in [7, 11) is 0. The molecule has 2 unspecified atom stereocenters. The Morgan fingerprint density at radius 3 is 2.58 bits per heavy atom. The van der Waals surface area contributed by atoms with Crippen molar-refractivity contribution in [3.05, 3.63) is 35.9 Å². The molecular formula is C14H17NO4. The van der Waals surface area contributed by atoms with E-state index in [9.17, 15) is 9.59 Å². The van der Waals surface area contributed by atoms with Gasteiger partial charge < -0.3 is 15.1 Å². The van der Waals surface area contributed by atoms with Gasteiger partial charge in [-0.25, -0.2) is 0 Å². The van der Waals surface area contributed by atoms with Crippen LogP contribution in [-0.4, -0.2) is 40.1 Å². The number of aliphatic hydroxyl groups is 1. The first-order valence-electron chi connectivity index (χ1n) is 6.29. The van der Waals surface area contributed by atoms with Gasteiger partial charge in [0.05, 0.1) is 12.5 Å². The second kappa shape index (κ2) is 5.84. The van der Waals surface area contributed by atoms with Crippen LogP contribution in [0.15, 0.2) is 30.3 Å². The van der Waals surface area contributed by atoms with E-state index in [0.29, 0.717) is 13.0 Å². The normalized spacial score (nSPS) is 20.6. The van der Waals surface area contributed by atoms with Crippen molar-refractivity contribution in [3.63, 3.8) is 0 Å². The molecule has 5 heteroatoms. The third kappa shape index (κ3) is 3.12. The second-order valence-corrected chi connectivity index (χ2v) is 4.82. The third-order valence-corrected chi connectivity index (χ3v) is 3.43. The average molecular weight is 263 g/mol. The van der Waals surface area contributed by atoms with E-state index >= 15 is 0 Å². The molecule has 0 aliphatic carbocycles. The fraction of sp³-hybridized carbons (Fsp3) is 0.429. The lowest BCUT2D eigenvalue weighted by Gasteiger charge is -2.27. The summed E-state index contributed by atoms with van der Waals surface area (Å²) in [6.45, 7) is 0.374. The van der Waals surface area contributed by atoms with Crippen LogP contribution >= 0.6 is 0 Å². The van der Waals surface area contributed by atoms with Crippen LogP contribution < -0.4 is 0 Å². The van der Waals surface area contributed by atoms with Crippen LogP contribution in [0, 0.1) is 5.92 Å². The number of likely N-dealkylation sites (tertiary alicyclic amines) is 1. The van der Waals surface area contributed by atoms with Gasteiger partial charge in [-0.3, -0.25) is 9.59 Å². The molecule has 1 aliphatic heterocycles. The first-order valence-corrected chi connectivity index (χ1v) is 6.29. The second-order valence-electron chi connectivity index (χ2n) is 4.82. The summed E-state index contributed by atoms with van der Waals surface area (Å²) in [4.78, 5) is 24.5. The molecule has 1 aliphatic rings. The minimum atomic E-state index is -0.936. The number of carboxylic acid groups (broad SMARTS) is 1. The molecule has 19 heavy (non-hydrogen) atoms. The van der Waals surface area contributed by atoms with E-state index in [1.54, 1.807) is 4.90 Å². The standard InChI is InChI=1S/C14H17NO4/c16-9-10-6-13(17)15(8-10)12(7-14(18)19)11-4-2-1-3-5-11/h1-5,10,12,16H,6-9H2,(H,18,19). The van der Waals surface area contributed by atoms with E-state index < -0.39 is 12.0 Å². The van der Waals surface area contributed by atoms with Gasteiger partial charge in [-0.1, -0.05) is 30.3 Å². The van der Waals surface area contributed by atoms with Gasteiger partial charge in [0.1, 0.15) is 0 Å². The van der Waals surface area contributed by atoms with Gasteiger partial charge in [0.2, 0.25) is 5.91 Å². The molecule has 1 aromatic carbocycles. The maximum atomic E-state index is 12.0. The number of carboxylic acids is 1. The number of aliphatic hydroxyl groups excluding tert-OH is 1. The Hall–Kier alpha value is -1.88. The summed E-state index contributed by atoms with van der Waals surface area (Å²) >= 11 is 0. The number of aliphatic carboxylic acids is 1. The predicted octanol–water partition coefficient (Wildman–Crippen LogP) is 1.04. The van der Waals surface area contributed by atoms with E-state index in [1.165, 1.54) is 0 Å². The van der Waals surface area contributed by atoms with Crippen molar-refractivity contribution in [2.24, 2.45) is 5.92 Å². The van der Waals surface area contributed by atoms with Crippen molar-refractivity contribution in [2.75, 3.05) is 13.2 Å². The van der Waals surface area contributed by atoms with E-state index in [4.69, 9.17) is 10.2 Å². The maximum absolute atomic E-state index is 12.0. The molecule has 102 valence electrons. The lowest BCUT2D eigenvalue weighted by atomic mass is 10.0. The molecule has 1 aromatic rings. The van der Waals surface area contributed by atoms with E-state index in [-0.39, 0.29) is 24.9 Å². The SMILES string of the molecule is O=C(O)CC(c1ccccc1)N1CC(CO)CC1=O. The van der Waals surface area contributed by atoms with Gasteiger partial charge in [0.25, 0.3) is 0 Å². The van der Waals surface area contributed by atoms with Crippen molar-refractivity contribution in [1.82, 2.24) is 4.90 Å². The lowest BCUT2D eigenvalue weighted by molar-refractivity contribution is -0.139. The molecule has 2 rings (SSSR count). The maximum Gasteiger partial charge on any atom is 0.305 e. The number of hydrogen-bond acceptors (Lipinski definition) is 3. The van der Waals surface area contributed by atoms with E-state index in [0.717, 1.165) is 5.56 Å². The van der Waals surface area contributed by atoms with Crippen LogP contribution in [0.3, 0.4) is 0 Å². The van der Waals surface area contributed by atoms with Crippen LogP contribution in [0.4, 0.5) is 0 Å². The molecule has 1 fully saturated rings. The van der Waals surface area contributed by atoms with Gasteiger partial charge in [-0.15, -0.1) is 0 Å². The zero-order valence-electron chi connectivity index (χ0n) is 10.5. The smallest absolute Gasteiger partial charge is 0.305 e. The minimum Gasteiger partial charge on any atom is -0.481 e. The first kappa shape index (κ1) is 13.5. The number of benzene rings is 1. The Bertz CT molecular complexity index is 460. The fourth-order valence-electron chi connectivity index (χ4n) is 2.48. The topological polar surface area (TPSA) is 77.8 Å². The van der Waals surface area contributed by atoms with Crippen LogP contribution in [0.1, 0.15) is 24.4 Å². The predicted molar refractivity (Wildman–Crippen MR) is 68.3 cm³/mol. The van der Waals surface area contributed by atoms with Crippen LogP contribution in [0.5, 0.6) is 0 Å². The Morgan fingerprint density at radius 1 is 1.37 bits per heavy atom. The Balaban J connectivity index is 2.23. The zero-order valence-corrected chi connectivity index (χ0v) is 10.5. The van der Waals surface area contributed by atoms with E-state index in [1.807, 2.05) is 30.3 Å². The molecular weight excluding hydrogens is 246 g/mol. The summed E-state index contributed by atoms with van der Waals surface area (Å²) < 4.78 is 0. The molecule has 0 aromatic heterocycles.